The second-order valence-corrected chi connectivity index (χ2v) is 4.71. The number of Topliss-reactive ketones (excluding diaryl/α,β-unsaturated/α-hetero) is 1. The van der Waals surface area contributed by atoms with E-state index in [0.29, 0.717) is 11.1 Å². The molecule has 0 fully saturated rings. The number of aliphatic carboxylic acids is 1. The van der Waals surface area contributed by atoms with Crippen molar-refractivity contribution in [2.45, 2.75) is 25.4 Å². The van der Waals surface area contributed by atoms with E-state index in [1.807, 2.05) is 36.4 Å². The minimum absolute atomic E-state index is 0.0451. The van der Waals surface area contributed by atoms with Crippen LogP contribution in [0, 0.1) is 0 Å². The zero-order valence-corrected chi connectivity index (χ0v) is 11.0. The Morgan fingerprint density at radius 2 is 1.95 bits per heavy atom. The molecule has 1 aliphatic carbocycles. The Labute approximate surface area is 117 Å². The lowest BCUT2D eigenvalue weighted by atomic mass is 10.0. The molecule has 1 unspecified atom stereocenters. The third kappa shape index (κ3) is 3.42. The maximum Gasteiger partial charge on any atom is 0.303 e. The first kappa shape index (κ1) is 14.2. The van der Waals surface area contributed by atoms with Crippen LogP contribution in [0.25, 0.3) is 6.08 Å². The molecule has 0 aromatic heterocycles. The molecule has 0 bridgehead atoms. The van der Waals surface area contributed by atoms with Gasteiger partial charge < -0.3 is 10.2 Å². The highest BCUT2D eigenvalue weighted by Crippen LogP contribution is 2.28. The number of carbonyl (C=O) groups is 2. The Hall–Kier alpha value is -2.20. The Morgan fingerprint density at radius 1 is 1.25 bits per heavy atom. The molecular formula is C16H16O4. The molecule has 0 saturated carbocycles. The summed E-state index contributed by atoms with van der Waals surface area (Å²) in [6, 6.07) is 9.53. The first-order valence-electron chi connectivity index (χ1n) is 6.47. The smallest absolute Gasteiger partial charge is 0.303 e. The van der Waals surface area contributed by atoms with Crippen LogP contribution < -0.4 is 0 Å². The minimum Gasteiger partial charge on any atom is -0.481 e. The van der Waals surface area contributed by atoms with Crippen LogP contribution in [0.1, 0.15) is 24.8 Å². The van der Waals surface area contributed by atoms with Crippen molar-refractivity contribution >= 4 is 17.8 Å². The van der Waals surface area contributed by atoms with E-state index in [2.05, 4.69) is 0 Å². The fraction of sp³-hybridized carbons (Fsp3) is 0.250. The van der Waals surface area contributed by atoms with Gasteiger partial charge in [0.1, 0.15) is 0 Å². The highest BCUT2D eigenvalue weighted by molar-refractivity contribution is 6.00. The number of ketones is 1. The lowest BCUT2D eigenvalue weighted by Gasteiger charge is -2.04. The number of allylic oxidation sites excluding steroid dienone is 1. The molecule has 1 aromatic rings. The van der Waals surface area contributed by atoms with Gasteiger partial charge in [0.15, 0.2) is 5.78 Å². The predicted molar refractivity (Wildman–Crippen MR) is 75.0 cm³/mol. The molecular weight excluding hydrogens is 256 g/mol. The van der Waals surface area contributed by atoms with E-state index in [4.69, 9.17) is 5.11 Å². The minimum atomic E-state index is -0.946. The van der Waals surface area contributed by atoms with Gasteiger partial charge in [-0.05, 0) is 17.6 Å². The summed E-state index contributed by atoms with van der Waals surface area (Å²) in [5.74, 6) is -1.11. The van der Waals surface area contributed by atoms with Gasteiger partial charge in [-0.15, -0.1) is 0 Å². The van der Waals surface area contributed by atoms with E-state index in [0.717, 1.165) is 5.56 Å². The summed E-state index contributed by atoms with van der Waals surface area (Å²) < 4.78 is 0. The van der Waals surface area contributed by atoms with Crippen LogP contribution >= 0.6 is 0 Å². The zero-order chi connectivity index (χ0) is 14.5. The van der Waals surface area contributed by atoms with Crippen LogP contribution in [0.5, 0.6) is 0 Å². The Bertz CT molecular complexity index is 569. The van der Waals surface area contributed by atoms with Crippen molar-refractivity contribution in [3.05, 3.63) is 53.1 Å². The van der Waals surface area contributed by atoms with Crippen LogP contribution in [0.15, 0.2) is 47.6 Å². The van der Waals surface area contributed by atoms with Gasteiger partial charge in [0.25, 0.3) is 0 Å². The van der Waals surface area contributed by atoms with E-state index in [9.17, 15) is 14.7 Å². The normalized spacial score (nSPS) is 19.1. The second-order valence-electron chi connectivity index (χ2n) is 4.71. The monoisotopic (exact) mass is 272 g/mol. The summed E-state index contributed by atoms with van der Waals surface area (Å²) in [5, 5.41) is 18.6. The SMILES string of the molecule is O=C(O)CCC1=C(C=Cc2ccccc2)C(O)CC1=O. The van der Waals surface area contributed by atoms with E-state index < -0.39 is 12.1 Å². The Morgan fingerprint density at radius 3 is 2.60 bits per heavy atom. The van der Waals surface area contributed by atoms with E-state index >= 15 is 0 Å². The van der Waals surface area contributed by atoms with Crippen molar-refractivity contribution < 1.29 is 19.8 Å². The molecule has 4 nitrogen and oxygen atoms in total. The standard InChI is InChI=1S/C16H16O4/c17-14-10-15(18)13(8-9-16(19)20)12(14)7-6-11-4-2-1-3-5-11/h1-7,14,17H,8-10H2,(H,19,20). The third-order valence-electron chi connectivity index (χ3n) is 3.27. The van der Waals surface area contributed by atoms with Crippen molar-refractivity contribution in [2.24, 2.45) is 0 Å². The van der Waals surface area contributed by atoms with Gasteiger partial charge in [-0.2, -0.15) is 0 Å². The van der Waals surface area contributed by atoms with Gasteiger partial charge in [-0.3, -0.25) is 9.59 Å². The maximum absolute atomic E-state index is 11.8. The highest BCUT2D eigenvalue weighted by Gasteiger charge is 2.29. The van der Waals surface area contributed by atoms with Gasteiger partial charge in [-0.25, -0.2) is 0 Å². The predicted octanol–water partition coefficient (Wildman–Crippen LogP) is 2.19. The Kier molecular flexibility index (Phi) is 4.48. The molecule has 1 atom stereocenters. The molecule has 4 heteroatoms. The molecule has 1 aliphatic rings. The lowest BCUT2D eigenvalue weighted by Crippen LogP contribution is -2.04. The molecule has 1 aromatic carbocycles. The van der Waals surface area contributed by atoms with Gasteiger partial charge in [0.2, 0.25) is 0 Å². The summed E-state index contributed by atoms with van der Waals surface area (Å²) in [5.41, 5.74) is 1.94. The van der Waals surface area contributed by atoms with Crippen molar-refractivity contribution in [3.8, 4) is 0 Å². The number of carboxylic acids is 1. The van der Waals surface area contributed by atoms with Gasteiger partial charge in [-0.1, -0.05) is 42.5 Å². The van der Waals surface area contributed by atoms with Crippen LogP contribution in [0.4, 0.5) is 0 Å². The molecule has 0 spiro atoms. The second kappa shape index (κ2) is 6.30. The summed E-state index contributed by atoms with van der Waals surface area (Å²) in [6.45, 7) is 0. The van der Waals surface area contributed by atoms with Gasteiger partial charge in [0, 0.05) is 18.4 Å². The fourth-order valence-corrected chi connectivity index (χ4v) is 2.25. The number of rotatable bonds is 5. The molecule has 0 heterocycles. The van der Waals surface area contributed by atoms with Crippen molar-refractivity contribution in [1.82, 2.24) is 0 Å². The third-order valence-corrected chi connectivity index (χ3v) is 3.27. The summed E-state index contributed by atoms with van der Waals surface area (Å²) >= 11 is 0. The zero-order valence-electron chi connectivity index (χ0n) is 11.0. The van der Waals surface area contributed by atoms with Crippen LogP contribution in [0.2, 0.25) is 0 Å². The first-order valence-corrected chi connectivity index (χ1v) is 6.47. The lowest BCUT2D eigenvalue weighted by molar-refractivity contribution is -0.136. The number of carbonyl (C=O) groups excluding carboxylic acids is 1. The average molecular weight is 272 g/mol. The molecule has 0 aliphatic heterocycles. The molecule has 20 heavy (non-hydrogen) atoms. The summed E-state index contributed by atoms with van der Waals surface area (Å²) in [7, 11) is 0. The molecule has 0 saturated heterocycles. The van der Waals surface area contributed by atoms with Gasteiger partial charge >= 0.3 is 5.97 Å². The molecule has 2 N–H and O–H groups in total. The number of carboxylic acid groups (broad SMARTS) is 1. The van der Waals surface area contributed by atoms with Crippen LogP contribution in [-0.2, 0) is 9.59 Å². The Balaban J connectivity index is 2.22. The van der Waals surface area contributed by atoms with Crippen LogP contribution in [0.3, 0.4) is 0 Å². The number of aliphatic hydroxyl groups excluding tert-OH is 1. The summed E-state index contributed by atoms with van der Waals surface area (Å²) in [4.78, 5) is 22.4. The maximum atomic E-state index is 11.8. The van der Waals surface area contributed by atoms with E-state index in [1.54, 1.807) is 6.08 Å². The molecule has 0 radical (unpaired) electrons. The number of hydrogen-bond donors (Lipinski definition) is 2. The first-order chi connectivity index (χ1) is 9.58. The molecule has 2 rings (SSSR count). The molecule has 0 amide bonds. The van der Waals surface area contributed by atoms with Crippen molar-refractivity contribution in [2.75, 3.05) is 0 Å². The van der Waals surface area contributed by atoms with Crippen molar-refractivity contribution in [1.29, 1.82) is 0 Å². The van der Waals surface area contributed by atoms with Crippen molar-refractivity contribution in [3.63, 3.8) is 0 Å². The quantitative estimate of drug-likeness (QED) is 0.861. The fourth-order valence-electron chi connectivity index (χ4n) is 2.25. The van der Waals surface area contributed by atoms with Gasteiger partial charge in [0.05, 0.1) is 6.10 Å². The number of benzene rings is 1. The van der Waals surface area contributed by atoms with E-state index in [1.165, 1.54) is 0 Å². The number of aliphatic hydroxyl groups is 1. The topological polar surface area (TPSA) is 74.6 Å². The van der Waals surface area contributed by atoms with Crippen LogP contribution in [-0.4, -0.2) is 28.1 Å². The largest absolute Gasteiger partial charge is 0.481 e. The average Bonchev–Trinajstić information content (AvgIpc) is 2.69. The number of hydrogen-bond acceptors (Lipinski definition) is 3. The highest BCUT2D eigenvalue weighted by atomic mass is 16.4. The van der Waals surface area contributed by atoms with E-state index in [-0.39, 0.29) is 25.0 Å². The summed E-state index contributed by atoms with van der Waals surface area (Å²) in [6.07, 6.45) is 2.81. The molecule has 104 valence electrons.